The molecular formula is C20H19Br2N3O3. The third-order valence-corrected chi connectivity index (χ3v) is 6.02. The Kier molecular flexibility index (Phi) is 5.28. The number of hydrogen-bond acceptors (Lipinski definition) is 5. The molecule has 4 rings (SSSR count). The lowest BCUT2D eigenvalue weighted by Gasteiger charge is -2.27. The van der Waals surface area contributed by atoms with E-state index in [-0.39, 0.29) is 16.9 Å². The maximum Gasteiger partial charge on any atom is 0.255 e. The molecule has 0 spiro atoms. The molecule has 146 valence electrons. The zero-order chi connectivity index (χ0) is 20.0. The number of hydrogen-bond donors (Lipinski definition) is 1. The fourth-order valence-corrected chi connectivity index (χ4v) is 4.78. The lowest BCUT2D eigenvalue weighted by atomic mass is 10.0. The third-order valence-electron chi connectivity index (χ3n) is 4.97. The highest BCUT2D eigenvalue weighted by atomic mass is 79.9. The number of benzene rings is 1. The lowest BCUT2D eigenvalue weighted by Crippen LogP contribution is -2.36. The van der Waals surface area contributed by atoms with Crippen molar-refractivity contribution in [1.29, 1.82) is 0 Å². The van der Waals surface area contributed by atoms with Crippen LogP contribution in [-0.4, -0.2) is 21.4 Å². The highest BCUT2D eigenvalue weighted by Crippen LogP contribution is 2.27. The van der Waals surface area contributed by atoms with Crippen molar-refractivity contribution in [3.05, 3.63) is 70.6 Å². The first kappa shape index (κ1) is 19.5. The van der Waals surface area contributed by atoms with Crippen molar-refractivity contribution in [2.75, 3.05) is 6.54 Å². The largest absolute Gasteiger partial charge is 0.463 e. The topological polar surface area (TPSA) is 79.2 Å². The van der Waals surface area contributed by atoms with Gasteiger partial charge in [-0.1, -0.05) is 29.8 Å². The van der Waals surface area contributed by atoms with Crippen molar-refractivity contribution in [2.24, 2.45) is 0 Å². The van der Waals surface area contributed by atoms with Gasteiger partial charge in [0, 0.05) is 42.0 Å². The van der Waals surface area contributed by atoms with Gasteiger partial charge in [0.2, 0.25) is 0 Å². The Hall–Kier alpha value is -1.77. The van der Waals surface area contributed by atoms with E-state index in [4.69, 9.17) is 4.42 Å². The van der Waals surface area contributed by atoms with E-state index in [1.54, 1.807) is 6.07 Å². The van der Waals surface area contributed by atoms with Gasteiger partial charge >= 0.3 is 0 Å². The fourth-order valence-electron chi connectivity index (χ4n) is 3.46. The average molecular weight is 509 g/mol. The van der Waals surface area contributed by atoms with Gasteiger partial charge in [0.05, 0.1) is 27.4 Å². The van der Waals surface area contributed by atoms with Crippen molar-refractivity contribution in [2.45, 2.75) is 39.3 Å². The van der Waals surface area contributed by atoms with Crippen LogP contribution < -0.4 is 11.0 Å². The van der Waals surface area contributed by atoms with Crippen LogP contribution in [0.5, 0.6) is 0 Å². The first-order valence-electron chi connectivity index (χ1n) is 9.07. The van der Waals surface area contributed by atoms with Crippen molar-refractivity contribution in [3.63, 3.8) is 0 Å². The quantitative estimate of drug-likeness (QED) is 0.576. The van der Waals surface area contributed by atoms with Gasteiger partial charge in [-0.3, -0.25) is 14.5 Å². The summed E-state index contributed by atoms with van der Waals surface area (Å²) in [6, 6.07) is 3.61. The van der Waals surface area contributed by atoms with E-state index < -0.39 is 0 Å². The van der Waals surface area contributed by atoms with Crippen LogP contribution in [0.25, 0.3) is 11.0 Å². The van der Waals surface area contributed by atoms with Crippen molar-refractivity contribution < 1.29 is 4.42 Å². The number of halogens is 2. The summed E-state index contributed by atoms with van der Waals surface area (Å²) >= 11 is 6.84. The van der Waals surface area contributed by atoms with E-state index in [0.717, 1.165) is 27.0 Å². The molecule has 1 aliphatic heterocycles. The fraction of sp³-hybridized carbons (Fsp3) is 0.350. The SMILES string of the molecule is CC(C)c1nc2c(c(=O)[nH]1)CN(Cc1coc3c(Br)cc(Br)cc3c1=O)CC2. The molecule has 0 aliphatic carbocycles. The van der Waals surface area contributed by atoms with E-state index in [1.165, 1.54) is 6.26 Å². The van der Waals surface area contributed by atoms with Gasteiger partial charge < -0.3 is 9.40 Å². The number of aromatic amines is 1. The summed E-state index contributed by atoms with van der Waals surface area (Å²) < 4.78 is 7.25. The van der Waals surface area contributed by atoms with Crippen LogP contribution in [0.2, 0.25) is 0 Å². The Bertz CT molecular complexity index is 1180. The Morgan fingerprint density at radius 3 is 2.82 bits per heavy atom. The molecule has 8 heteroatoms. The summed E-state index contributed by atoms with van der Waals surface area (Å²) in [5, 5.41) is 0.525. The first-order chi connectivity index (χ1) is 13.3. The average Bonchev–Trinajstić information content (AvgIpc) is 2.64. The predicted octanol–water partition coefficient (Wildman–Crippen LogP) is 4.08. The second-order valence-corrected chi connectivity index (χ2v) is 9.12. The molecule has 1 aromatic carbocycles. The second-order valence-electron chi connectivity index (χ2n) is 7.35. The van der Waals surface area contributed by atoms with E-state index >= 15 is 0 Å². The number of fused-ring (bicyclic) bond motifs is 2. The summed E-state index contributed by atoms with van der Waals surface area (Å²) in [5.41, 5.74) is 2.51. The molecule has 1 aliphatic rings. The standard InChI is InChI=1S/C20H19Br2N3O3/c1-10(2)19-23-16-3-4-25(8-14(16)20(27)24-19)7-11-9-28-18-13(17(11)26)5-12(21)6-15(18)22/h5-6,9-10H,3-4,7-8H2,1-2H3,(H,23,24,27). The Balaban J connectivity index is 1.64. The maximum absolute atomic E-state index is 12.9. The molecule has 0 amide bonds. The number of aromatic nitrogens is 2. The molecule has 3 heterocycles. The van der Waals surface area contributed by atoms with Crippen LogP contribution in [-0.2, 0) is 19.5 Å². The molecule has 0 saturated heterocycles. The molecule has 0 fully saturated rings. The summed E-state index contributed by atoms with van der Waals surface area (Å²) in [7, 11) is 0. The number of nitrogens with zero attached hydrogens (tertiary/aromatic N) is 2. The van der Waals surface area contributed by atoms with Crippen molar-refractivity contribution in [3.8, 4) is 0 Å². The molecule has 2 aromatic heterocycles. The number of H-pyrrole nitrogens is 1. The molecule has 0 radical (unpaired) electrons. The summed E-state index contributed by atoms with van der Waals surface area (Å²) in [6.45, 7) is 5.65. The van der Waals surface area contributed by atoms with E-state index in [2.05, 4.69) is 46.7 Å². The molecule has 0 bridgehead atoms. The predicted molar refractivity (Wildman–Crippen MR) is 115 cm³/mol. The van der Waals surface area contributed by atoms with Gasteiger partial charge in [-0.15, -0.1) is 0 Å². The van der Waals surface area contributed by atoms with E-state index in [0.29, 0.717) is 41.6 Å². The minimum atomic E-state index is -0.0863. The molecule has 0 saturated carbocycles. The zero-order valence-electron chi connectivity index (χ0n) is 15.5. The Morgan fingerprint density at radius 1 is 1.29 bits per heavy atom. The van der Waals surface area contributed by atoms with Crippen molar-refractivity contribution in [1.82, 2.24) is 14.9 Å². The van der Waals surface area contributed by atoms with Gasteiger partial charge in [0.25, 0.3) is 5.56 Å². The monoisotopic (exact) mass is 507 g/mol. The van der Waals surface area contributed by atoms with Gasteiger partial charge in [0.15, 0.2) is 11.0 Å². The molecule has 1 N–H and O–H groups in total. The van der Waals surface area contributed by atoms with Gasteiger partial charge in [-0.05, 0) is 28.1 Å². The summed E-state index contributed by atoms with van der Waals surface area (Å²) in [4.78, 5) is 35.0. The van der Waals surface area contributed by atoms with Crippen LogP contribution in [0, 0.1) is 0 Å². The van der Waals surface area contributed by atoms with E-state index in [1.807, 2.05) is 19.9 Å². The minimum Gasteiger partial charge on any atom is -0.463 e. The molecule has 28 heavy (non-hydrogen) atoms. The normalized spacial score (nSPS) is 14.6. The molecular weight excluding hydrogens is 490 g/mol. The number of rotatable bonds is 3. The van der Waals surface area contributed by atoms with Crippen molar-refractivity contribution >= 4 is 42.8 Å². The highest BCUT2D eigenvalue weighted by Gasteiger charge is 2.23. The molecule has 0 unspecified atom stereocenters. The zero-order valence-corrected chi connectivity index (χ0v) is 18.7. The van der Waals surface area contributed by atoms with Gasteiger partial charge in [0.1, 0.15) is 5.82 Å². The van der Waals surface area contributed by atoms with E-state index in [9.17, 15) is 9.59 Å². The summed E-state index contributed by atoms with van der Waals surface area (Å²) in [5.74, 6) is 0.903. The number of nitrogens with one attached hydrogen (secondary N) is 1. The minimum absolute atomic E-state index is 0.0590. The second kappa shape index (κ2) is 7.57. The smallest absolute Gasteiger partial charge is 0.255 e. The van der Waals surface area contributed by atoms with Gasteiger partial charge in [-0.25, -0.2) is 4.98 Å². The summed E-state index contributed by atoms with van der Waals surface area (Å²) in [6.07, 6.45) is 2.21. The molecule has 6 nitrogen and oxygen atoms in total. The van der Waals surface area contributed by atoms with Crippen LogP contribution in [0.4, 0.5) is 0 Å². The highest BCUT2D eigenvalue weighted by molar-refractivity contribution is 9.11. The first-order valence-corrected chi connectivity index (χ1v) is 10.7. The third kappa shape index (κ3) is 3.60. The van der Waals surface area contributed by atoms with Crippen LogP contribution >= 0.6 is 31.9 Å². The lowest BCUT2D eigenvalue weighted by molar-refractivity contribution is 0.239. The molecule has 3 aromatic rings. The van der Waals surface area contributed by atoms with Crippen LogP contribution in [0.15, 0.2) is 41.3 Å². The maximum atomic E-state index is 12.9. The Morgan fingerprint density at radius 2 is 2.07 bits per heavy atom. The molecule has 0 atom stereocenters. The van der Waals surface area contributed by atoms with Gasteiger partial charge in [-0.2, -0.15) is 0 Å². The van der Waals surface area contributed by atoms with Crippen LogP contribution in [0.1, 0.15) is 42.4 Å². The Labute approximate surface area is 178 Å². The van der Waals surface area contributed by atoms with Crippen LogP contribution in [0.3, 0.4) is 0 Å².